The minimum absolute atomic E-state index is 0.139. The zero-order valence-electron chi connectivity index (χ0n) is 19.1. The van der Waals surface area contributed by atoms with Crippen LogP contribution in [0.4, 0.5) is 9.18 Å². The maximum atomic E-state index is 14.4. The van der Waals surface area contributed by atoms with Crippen LogP contribution in [0.25, 0.3) is 5.69 Å². The van der Waals surface area contributed by atoms with E-state index in [-0.39, 0.29) is 30.3 Å². The number of amides is 1. The van der Waals surface area contributed by atoms with Crippen LogP contribution in [0.3, 0.4) is 0 Å². The summed E-state index contributed by atoms with van der Waals surface area (Å²) in [5.74, 6) is 0.152. The highest BCUT2D eigenvalue weighted by Gasteiger charge is 2.33. The van der Waals surface area contributed by atoms with Gasteiger partial charge < -0.3 is 14.4 Å². The third-order valence-corrected chi connectivity index (χ3v) is 6.37. The predicted octanol–water partition coefficient (Wildman–Crippen LogP) is 4.20. The Kier molecular flexibility index (Phi) is 6.59. The second-order valence-corrected chi connectivity index (χ2v) is 10.0. The maximum Gasteiger partial charge on any atom is 0.410 e. The van der Waals surface area contributed by atoms with Crippen LogP contribution >= 0.6 is 11.3 Å². The van der Waals surface area contributed by atoms with Gasteiger partial charge in [0.2, 0.25) is 0 Å². The second kappa shape index (κ2) is 9.42. The van der Waals surface area contributed by atoms with Crippen molar-refractivity contribution < 1.29 is 18.7 Å². The highest BCUT2D eigenvalue weighted by Crippen LogP contribution is 2.35. The molecule has 176 valence electrons. The number of benzene rings is 1. The van der Waals surface area contributed by atoms with Crippen LogP contribution in [0.15, 0.2) is 29.9 Å². The highest BCUT2D eigenvalue weighted by molar-refractivity contribution is 7.09. The summed E-state index contributed by atoms with van der Waals surface area (Å²) in [6, 6.07) is 4.55. The Morgan fingerprint density at radius 2 is 2.15 bits per heavy atom. The predicted molar refractivity (Wildman–Crippen MR) is 120 cm³/mol. The van der Waals surface area contributed by atoms with Gasteiger partial charge in [0.15, 0.2) is 11.6 Å². The number of likely N-dealkylation sites (tertiary alicyclic amines) is 1. The fraction of sp³-hybridized carbons (Fsp3) is 0.500. The molecule has 0 spiro atoms. The first-order valence-electron chi connectivity index (χ1n) is 10.8. The highest BCUT2D eigenvalue weighted by atomic mass is 32.1. The third-order valence-electron chi connectivity index (χ3n) is 5.35. The van der Waals surface area contributed by atoms with E-state index in [9.17, 15) is 9.18 Å². The number of hydrogen-bond donors (Lipinski definition) is 0. The van der Waals surface area contributed by atoms with Gasteiger partial charge in [0, 0.05) is 30.5 Å². The molecule has 0 aliphatic carbocycles. The number of rotatable bonds is 5. The van der Waals surface area contributed by atoms with Crippen LogP contribution in [-0.4, -0.2) is 54.9 Å². The van der Waals surface area contributed by atoms with Crippen LogP contribution in [0.1, 0.15) is 50.7 Å². The van der Waals surface area contributed by atoms with E-state index in [1.165, 1.54) is 17.1 Å². The first-order valence-corrected chi connectivity index (χ1v) is 11.7. The van der Waals surface area contributed by atoms with Gasteiger partial charge in [-0.3, -0.25) is 0 Å². The lowest BCUT2D eigenvalue weighted by atomic mass is 9.87. The smallest absolute Gasteiger partial charge is 0.410 e. The topological polar surface area (TPSA) is 95.3 Å². The van der Waals surface area contributed by atoms with Gasteiger partial charge in [-0.25, -0.2) is 18.9 Å². The van der Waals surface area contributed by atoms with Gasteiger partial charge in [-0.1, -0.05) is 6.92 Å². The van der Waals surface area contributed by atoms with Crippen molar-refractivity contribution in [2.75, 3.05) is 13.1 Å². The molecule has 0 saturated carbocycles. The van der Waals surface area contributed by atoms with Crippen LogP contribution in [0.2, 0.25) is 0 Å². The Bertz CT molecular complexity index is 1100. The lowest BCUT2D eigenvalue weighted by Crippen LogP contribution is -2.44. The molecule has 3 aromatic rings. The number of piperidine rings is 1. The first-order chi connectivity index (χ1) is 15.7. The van der Waals surface area contributed by atoms with Crippen LogP contribution < -0.4 is 4.74 Å². The van der Waals surface area contributed by atoms with Crippen molar-refractivity contribution in [2.24, 2.45) is 5.92 Å². The summed E-state index contributed by atoms with van der Waals surface area (Å²) >= 11 is 1.57. The summed E-state index contributed by atoms with van der Waals surface area (Å²) in [7, 11) is 0. The van der Waals surface area contributed by atoms with Gasteiger partial charge in [-0.05, 0) is 55.7 Å². The van der Waals surface area contributed by atoms with E-state index >= 15 is 0 Å². The molecule has 0 radical (unpaired) electrons. The number of ether oxygens (including phenoxy) is 2. The van der Waals surface area contributed by atoms with Gasteiger partial charge >= 0.3 is 6.09 Å². The standard InChI is InChI=1S/C22H27FN6O3S/c1-14-10-28(21(30)32-22(2,3)4)8-7-17(14)20-25-15(12-33-20)11-31-19-6-5-16(9-18(19)23)29-13-24-26-27-29/h5-6,9,12-14,17H,7-8,10-11H2,1-4H3. The molecule has 1 aliphatic heterocycles. The number of hydrogen-bond acceptors (Lipinski definition) is 8. The Labute approximate surface area is 195 Å². The summed E-state index contributed by atoms with van der Waals surface area (Å²) in [5.41, 5.74) is 0.752. The number of carbonyl (C=O) groups excluding carboxylic acids is 1. The molecule has 3 heterocycles. The number of thiazole rings is 1. The van der Waals surface area contributed by atoms with Crippen LogP contribution in [-0.2, 0) is 11.3 Å². The van der Waals surface area contributed by atoms with E-state index < -0.39 is 11.4 Å². The molecule has 0 N–H and O–H groups in total. The van der Waals surface area contributed by atoms with E-state index in [2.05, 4.69) is 22.4 Å². The Morgan fingerprint density at radius 1 is 1.33 bits per heavy atom. The fourth-order valence-electron chi connectivity index (χ4n) is 3.74. The Hall–Kier alpha value is -3.08. The summed E-state index contributed by atoms with van der Waals surface area (Å²) in [4.78, 5) is 18.9. The quantitative estimate of drug-likeness (QED) is 0.547. The van der Waals surface area contributed by atoms with E-state index in [1.54, 1.807) is 28.4 Å². The number of aromatic nitrogens is 5. The second-order valence-electron chi connectivity index (χ2n) is 9.13. The molecular weight excluding hydrogens is 447 g/mol. The SMILES string of the molecule is CC1CN(C(=O)OC(C)(C)C)CCC1c1nc(COc2ccc(-n3cnnn3)cc2F)cs1. The maximum absolute atomic E-state index is 14.4. The van der Waals surface area contributed by atoms with Gasteiger partial charge in [-0.2, -0.15) is 0 Å². The largest absolute Gasteiger partial charge is 0.484 e. The first kappa shape index (κ1) is 23.1. The van der Waals surface area contributed by atoms with Crippen LogP contribution in [0.5, 0.6) is 5.75 Å². The zero-order valence-corrected chi connectivity index (χ0v) is 19.9. The van der Waals surface area contributed by atoms with E-state index in [1.807, 2.05) is 26.2 Å². The van der Waals surface area contributed by atoms with Crippen molar-refractivity contribution >= 4 is 17.4 Å². The molecule has 2 aromatic heterocycles. The third kappa shape index (κ3) is 5.65. The molecule has 1 aromatic carbocycles. The molecule has 2 atom stereocenters. The molecule has 1 fully saturated rings. The number of tetrazole rings is 1. The van der Waals surface area contributed by atoms with Crippen molar-refractivity contribution in [1.29, 1.82) is 0 Å². The molecule has 1 amide bonds. The number of nitrogens with zero attached hydrogens (tertiary/aromatic N) is 6. The van der Waals surface area contributed by atoms with Gasteiger partial charge in [0.25, 0.3) is 0 Å². The number of carbonyl (C=O) groups is 1. The molecular formula is C22H27FN6O3S. The average Bonchev–Trinajstić information content (AvgIpc) is 3.44. The van der Waals surface area contributed by atoms with Crippen molar-refractivity contribution in [1.82, 2.24) is 30.1 Å². The van der Waals surface area contributed by atoms with Crippen molar-refractivity contribution in [3.8, 4) is 11.4 Å². The van der Waals surface area contributed by atoms with Crippen molar-refractivity contribution in [2.45, 2.75) is 52.2 Å². The molecule has 4 rings (SSSR count). The lowest BCUT2D eigenvalue weighted by Gasteiger charge is -2.36. The number of halogens is 1. The molecule has 0 bridgehead atoms. The van der Waals surface area contributed by atoms with E-state index in [0.29, 0.717) is 18.8 Å². The summed E-state index contributed by atoms with van der Waals surface area (Å²) in [5, 5.41) is 13.8. The summed E-state index contributed by atoms with van der Waals surface area (Å²) < 4.78 is 27.0. The normalized spacial score (nSPS) is 18.9. The molecule has 11 heteroatoms. The monoisotopic (exact) mass is 474 g/mol. The van der Waals surface area contributed by atoms with Crippen molar-refractivity contribution in [3.63, 3.8) is 0 Å². The average molecular weight is 475 g/mol. The molecule has 33 heavy (non-hydrogen) atoms. The zero-order chi connectivity index (χ0) is 23.6. The van der Waals surface area contributed by atoms with Gasteiger partial charge in [-0.15, -0.1) is 16.4 Å². The minimum Gasteiger partial charge on any atom is -0.484 e. The Morgan fingerprint density at radius 3 is 2.82 bits per heavy atom. The van der Waals surface area contributed by atoms with Gasteiger partial charge in [0.1, 0.15) is 18.5 Å². The molecule has 9 nitrogen and oxygen atoms in total. The minimum atomic E-state index is -0.505. The summed E-state index contributed by atoms with van der Waals surface area (Å²) in [6.07, 6.45) is 1.95. The Balaban J connectivity index is 1.34. The van der Waals surface area contributed by atoms with Crippen molar-refractivity contribution in [3.05, 3.63) is 46.4 Å². The van der Waals surface area contributed by atoms with Crippen LogP contribution in [0, 0.1) is 11.7 Å². The molecule has 1 saturated heterocycles. The van der Waals surface area contributed by atoms with E-state index in [4.69, 9.17) is 14.5 Å². The van der Waals surface area contributed by atoms with Gasteiger partial charge in [0.05, 0.1) is 16.4 Å². The fourth-order valence-corrected chi connectivity index (χ4v) is 4.82. The molecule has 1 aliphatic rings. The molecule has 2 unspecified atom stereocenters. The summed E-state index contributed by atoms with van der Waals surface area (Å²) in [6.45, 7) is 9.17. The van der Waals surface area contributed by atoms with E-state index in [0.717, 1.165) is 17.1 Å². The lowest BCUT2D eigenvalue weighted by molar-refractivity contribution is 0.0155.